The summed E-state index contributed by atoms with van der Waals surface area (Å²) in [4.78, 5) is 36.7. The van der Waals surface area contributed by atoms with Gasteiger partial charge in [0.15, 0.2) is 0 Å². The number of esters is 1. The molecule has 0 spiro atoms. The smallest absolute Gasteiger partial charge is 0.421 e. The van der Waals surface area contributed by atoms with Crippen LogP contribution in [0, 0.1) is 5.41 Å². The molecule has 12 nitrogen and oxygen atoms in total. The maximum absolute atomic E-state index is 12.4. The fraction of sp³-hybridized carbons (Fsp3) is 0.824. The summed E-state index contributed by atoms with van der Waals surface area (Å²) in [5.74, 6) is -1.07. The van der Waals surface area contributed by atoms with E-state index in [1.807, 2.05) is 0 Å². The summed E-state index contributed by atoms with van der Waals surface area (Å²) >= 11 is 0. The Bertz CT molecular complexity index is 756. The first-order valence-electron chi connectivity index (χ1n) is 9.58. The molecule has 3 amide bonds. The lowest BCUT2D eigenvalue weighted by molar-refractivity contribution is -0.145. The summed E-state index contributed by atoms with van der Waals surface area (Å²) in [6, 6.07) is -2.04. The number of primary amides is 1. The minimum absolute atomic E-state index is 0.0805. The number of ether oxygens (including phenoxy) is 2. The first-order valence-corrected chi connectivity index (χ1v) is 10.9. The predicted octanol–water partition coefficient (Wildman–Crippen LogP) is -0.0707. The van der Waals surface area contributed by atoms with E-state index in [2.05, 4.69) is 0 Å². The van der Waals surface area contributed by atoms with E-state index in [1.165, 1.54) is 12.0 Å². The number of hydrogen-bond acceptors (Lipinski definition) is 9. The highest BCUT2D eigenvalue weighted by molar-refractivity contribution is 7.81. The number of urea groups is 1. The fourth-order valence-electron chi connectivity index (χ4n) is 3.20. The topological polar surface area (TPSA) is 155 Å². The van der Waals surface area contributed by atoms with E-state index >= 15 is 0 Å². The van der Waals surface area contributed by atoms with Gasteiger partial charge in [0.05, 0.1) is 19.3 Å². The van der Waals surface area contributed by atoms with Crippen molar-refractivity contribution >= 4 is 28.3 Å². The van der Waals surface area contributed by atoms with E-state index < -0.39 is 45.8 Å². The van der Waals surface area contributed by atoms with E-state index in [-0.39, 0.29) is 26.2 Å². The second-order valence-corrected chi connectivity index (χ2v) is 9.23. The summed E-state index contributed by atoms with van der Waals surface area (Å²) in [6.45, 7) is 3.78. The van der Waals surface area contributed by atoms with Gasteiger partial charge in [-0.2, -0.15) is 13.5 Å². The second-order valence-electron chi connectivity index (χ2n) is 8.03. The number of carbonyl (C=O) groups is 3. The Labute approximate surface area is 175 Å². The van der Waals surface area contributed by atoms with Crippen molar-refractivity contribution in [1.29, 1.82) is 0 Å². The third-order valence-corrected chi connectivity index (χ3v) is 5.72. The highest BCUT2D eigenvalue weighted by atomic mass is 32.3. The number of fused-ring (bicyclic) bond motifs is 2. The van der Waals surface area contributed by atoms with Crippen molar-refractivity contribution in [2.75, 3.05) is 33.5 Å². The molecule has 0 aliphatic carbocycles. The lowest BCUT2D eigenvalue weighted by Gasteiger charge is -2.27. The van der Waals surface area contributed by atoms with Gasteiger partial charge in [0, 0.05) is 20.1 Å². The number of hydrogen-bond donors (Lipinski definition) is 1. The van der Waals surface area contributed by atoms with E-state index in [1.54, 1.807) is 13.8 Å². The predicted molar refractivity (Wildman–Crippen MR) is 102 cm³/mol. The Morgan fingerprint density at radius 3 is 2.57 bits per heavy atom. The largest absolute Gasteiger partial charge is 0.463 e. The average molecular weight is 451 g/mol. The highest BCUT2D eigenvalue weighted by Gasteiger charge is 2.49. The number of nitrogens with two attached hydrogens (primary N) is 1. The van der Waals surface area contributed by atoms with Gasteiger partial charge in [-0.1, -0.05) is 13.8 Å². The fourth-order valence-corrected chi connectivity index (χ4v) is 4.09. The molecule has 2 atom stereocenters. The number of methoxy groups -OCH3 is 1. The number of amides is 3. The Morgan fingerprint density at radius 1 is 1.23 bits per heavy atom. The van der Waals surface area contributed by atoms with Crippen LogP contribution in [0.15, 0.2) is 0 Å². The van der Waals surface area contributed by atoms with Crippen molar-refractivity contribution in [1.82, 2.24) is 9.96 Å². The van der Waals surface area contributed by atoms with Crippen LogP contribution in [0.3, 0.4) is 0 Å². The molecule has 0 aromatic heterocycles. The van der Waals surface area contributed by atoms with Crippen molar-refractivity contribution in [3.05, 3.63) is 0 Å². The van der Waals surface area contributed by atoms with E-state index in [0.29, 0.717) is 25.9 Å². The normalized spacial score (nSPS) is 21.8. The van der Waals surface area contributed by atoms with Crippen LogP contribution in [0.5, 0.6) is 0 Å². The molecule has 2 bridgehead atoms. The standard InChI is InChI=1S/C17H29N3O9S/c1-17(2,7-6-14(21)27-9-8-26-3)11-28-30(24,25)29-20-12-4-5-13(15(18)22)19(10-12)16(20)23/h12-13H,4-11H2,1-3H3,(H2,18,22)/t12-,13+/m1/s1. The third kappa shape index (κ3) is 6.52. The van der Waals surface area contributed by atoms with Gasteiger partial charge < -0.3 is 20.1 Å². The van der Waals surface area contributed by atoms with Gasteiger partial charge in [0.2, 0.25) is 5.91 Å². The number of hydroxylamine groups is 2. The number of carbonyl (C=O) groups excluding carboxylic acids is 3. The Kier molecular flexibility index (Phi) is 8.02. The zero-order valence-electron chi connectivity index (χ0n) is 17.4. The summed E-state index contributed by atoms with van der Waals surface area (Å²) in [6.07, 6.45) is 1.10. The van der Waals surface area contributed by atoms with Crippen LogP contribution in [0.1, 0.15) is 39.5 Å². The van der Waals surface area contributed by atoms with Crippen molar-refractivity contribution in [2.24, 2.45) is 11.1 Å². The molecule has 2 N–H and O–H groups in total. The molecule has 2 rings (SSSR count). The van der Waals surface area contributed by atoms with Crippen LogP contribution in [0.2, 0.25) is 0 Å². The maximum atomic E-state index is 12.4. The molecule has 172 valence electrons. The van der Waals surface area contributed by atoms with Gasteiger partial charge in [-0.25, -0.2) is 8.98 Å². The zero-order chi connectivity index (χ0) is 22.5. The van der Waals surface area contributed by atoms with Gasteiger partial charge in [-0.05, 0) is 24.7 Å². The number of nitrogens with zero attached hydrogens (tertiary/aromatic N) is 2. The Morgan fingerprint density at radius 2 is 1.93 bits per heavy atom. The lowest BCUT2D eigenvalue weighted by Crippen LogP contribution is -2.47. The maximum Gasteiger partial charge on any atom is 0.421 e. The van der Waals surface area contributed by atoms with Gasteiger partial charge in [-0.3, -0.25) is 9.59 Å². The van der Waals surface area contributed by atoms with Crippen LogP contribution in [0.4, 0.5) is 4.79 Å². The third-order valence-electron chi connectivity index (χ3n) is 4.97. The van der Waals surface area contributed by atoms with Gasteiger partial charge >= 0.3 is 22.4 Å². The number of rotatable bonds is 12. The van der Waals surface area contributed by atoms with Crippen LogP contribution >= 0.6 is 0 Å². The average Bonchev–Trinajstić information content (AvgIpc) is 2.89. The van der Waals surface area contributed by atoms with Crippen LogP contribution < -0.4 is 5.73 Å². The molecule has 2 saturated heterocycles. The minimum Gasteiger partial charge on any atom is -0.463 e. The summed E-state index contributed by atoms with van der Waals surface area (Å²) in [7, 11) is -3.04. The van der Waals surface area contributed by atoms with Crippen molar-refractivity contribution < 1.29 is 40.7 Å². The van der Waals surface area contributed by atoms with E-state index in [4.69, 9.17) is 23.7 Å². The lowest BCUT2D eigenvalue weighted by atomic mass is 9.89. The molecule has 13 heteroatoms. The molecule has 2 aliphatic rings. The van der Waals surface area contributed by atoms with E-state index in [0.717, 1.165) is 5.06 Å². The number of piperidine rings is 1. The molecule has 2 fully saturated rings. The monoisotopic (exact) mass is 451 g/mol. The minimum atomic E-state index is -4.53. The SMILES string of the molecule is COCCOC(=O)CCC(C)(C)COS(=O)(=O)ON1C(=O)N2C[C@H]1CC[C@H]2C(N)=O. The molecular formula is C17H29N3O9S. The molecule has 2 aliphatic heterocycles. The first-order chi connectivity index (χ1) is 14.0. The molecule has 30 heavy (non-hydrogen) atoms. The summed E-state index contributed by atoms with van der Waals surface area (Å²) in [5.41, 5.74) is 4.61. The molecule has 0 radical (unpaired) electrons. The quantitative estimate of drug-likeness (QED) is 0.317. The van der Waals surface area contributed by atoms with Crippen LogP contribution in [-0.4, -0.2) is 81.8 Å². The van der Waals surface area contributed by atoms with Crippen molar-refractivity contribution in [3.8, 4) is 0 Å². The van der Waals surface area contributed by atoms with Gasteiger partial charge in [0.25, 0.3) is 0 Å². The van der Waals surface area contributed by atoms with Crippen LogP contribution in [-0.2, 0) is 37.9 Å². The van der Waals surface area contributed by atoms with Gasteiger partial charge in [0.1, 0.15) is 12.6 Å². The summed E-state index contributed by atoms with van der Waals surface area (Å²) < 4.78 is 44.0. The van der Waals surface area contributed by atoms with Crippen molar-refractivity contribution in [3.63, 3.8) is 0 Å². The molecule has 0 aromatic rings. The Balaban J connectivity index is 1.84. The van der Waals surface area contributed by atoms with Crippen LogP contribution in [0.25, 0.3) is 0 Å². The Hall–Kier alpha value is -1.96. The van der Waals surface area contributed by atoms with Gasteiger partial charge in [-0.15, -0.1) is 4.28 Å². The second kappa shape index (κ2) is 9.90. The molecule has 0 unspecified atom stereocenters. The molecular weight excluding hydrogens is 422 g/mol. The molecule has 0 aromatic carbocycles. The highest BCUT2D eigenvalue weighted by Crippen LogP contribution is 2.31. The summed E-state index contributed by atoms with van der Waals surface area (Å²) in [5, 5.41) is 0.721. The molecule has 0 saturated carbocycles. The molecule has 2 heterocycles. The van der Waals surface area contributed by atoms with Crippen molar-refractivity contribution in [2.45, 2.75) is 51.6 Å². The van der Waals surface area contributed by atoms with E-state index in [9.17, 15) is 22.8 Å². The zero-order valence-corrected chi connectivity index (χ0v) is 18.2. The first kappa shape index (κ1) is 24.3.